The van der Waals surface area contributed by atoms with E-state index in [1.807, 2.05) is 29.0 Å². The third kappa shape index (κ3) is 7.78. The fourth-order valence-electron chi connectivity index (χ4n) is 2.33. The minimum absolute atomic E-state index is 0.0298. The highest BCUT2D eigenvalue weighted by Gasteiger charge is 2.17. The smallest absolute Gasteiger partial charge is 0.291 e. The molecule has 1 N–H and O–H groups in total. The molecule has 0 saturated heterocycles. The standard InChI is InChI=1S/C18H15Cl3N2O2.HNO3/c19-13-5-6-14(16(21)9-13)18(10-23-8-7-22-11-23)25-12-24-17-4-2-1-3-15(17)20;2-1(3)4/h1-9,11,18H,10,12H2;(H,2,3,4). The molecule has 29 heavy (non-hydrogen) atoms. The second kappa shape index (κ2) is 11.5. The van der Waals surface area contributed by atoms with Crippen molar-refractivity contribution in [2.75, 3.05) is 6.79 Å². The Kier molecular flexibility index (Phi) is 9.01. The van der Waals surface area contributed by atoms with Crippen molar-refractivity contribution in [2.24, 2.45) is 0 Å². The van der Waals surface area contributed by atoms with E-state index in [9.17, 15) is 0 Å². The number of aromatic nitrogens is 2. The van der Waals surface area contributed by atoms with Gasteiger partial charge in [-0.2, -0.15) is 0 Å². The van der Waals surface area contributed by atoms with Crippen molar-refractivity contribution in [3.8, 4) is 5.75 Å². The largest absolute Gasteiger partial charge is 0.466 e. The molecule has 2 aromatic carbocycles. The topological polar surface area (TPSA) is 99.7 Å². The van der Waals surface area contributed by atoms with Gasteiger partial charge >= 0.3 is 0 Å². The molecule has 11 heteroatoms. The molecule has 0 aliphatic carbocycles. The first kappa shape index (κ1) is 22.8. The maximum atomic E-state index is 8.36. The highest BCUT2D eigenvalue weighted by Crippen LogP contribution is 2.30. The van der Waals surface area contributed by atoms with Gasteiger partial charge in [0.1, 0.15) is 11.9 Å². The molecule has 1 aromatic heterocycles. The minimum Gasteiger partial charge on any atom is -0.466 e. The second-order valence-corrected chi connectivity index (χ2v) is 6.76. The number of para-hydroxylation sites is 1. The van der Waals surface area contributed by atoms with E-state index in [-0.39, 0.29) is 12.9 Å². The van der Waals surface area contributed by atoms with Crippen molar-refractivity contribution in [3.05, 3.63) is 91.9 Å². The summed E-state index contributed by atoms with van der Waals surface area (Å²) in [5.41, 5.74) is 0.822. The van der Waals surface area contributed by atoms with Crippen molar-refractivity contribution >= 4 is 34.8 Å². The van der Waals surface area contributed by atoms with Crippen LogP contribution in [0.1, 0.15) is 11.7 Å². The summed E-state index contributed by atoms with van der Waals surface area (Å²) in [4.78, 5) is 12.4. The van der Waals surface area contributed by atoms with Gasteiger partial charge in [-0.3, -0.25) is 0 Å². The van der Waals surface area contributed by atoms with Crippen LogP contribution in [0.2, 0.25) is 15.1 Å². The molecule has 0 amide bonds. The van der Waals surface area contributed by atoms with Crippen LogP contribution in [0.4, 0.5) is 0 Å². The van der Waals surface area contributed by atoms with E-state index in [1.54, 1.807) is 36.8 Å². The molecule has 0 fully saturated rings. The van der Waals surface area contributed by atoms with Gasteiger partial charge in [0.05, 0.1) is 17.9 Å². The van der Waals surface area contributed by atoms with Gasteiger partial charge in [-0.25, -0.2) is 4.98 Å². The van der Waals surface area contributed by atoms with Crippen molar-refractivity contribution < 1.29 is 19.8 Å². The lowest BCUT2D eigenvalue weighted by atomic mass is 10.1. The van der Waals surface area contributed by atoms with Crippen LogP contribution in [0.5, 0.6) is 5.75 Å². The Morgan fingerprint density at radius 1 is 1.17 bits per heavy atom. The first-order valence-corrected chi connectivity index (χ1v) is 9.23. The van der Waals surface area contributed by atoms with E-state index in [0.717, 1.165) is 5.56 Å². The maximum absolute atomic E-state index is 8.36. The Hall–Kier alpha value is -2.52. The van der Waals surface area contributed by atoms with Crippen LogP contribution in [-0.2, 0) is 11.3 Å². The number of nitrogens with zero attached hydrogens (tertiary/aromatic N) is 3. The Morgan fingerprint density at radius 3 is 2.52 bits per heavy atom. The average molecular weight is 461 g/mol. The highest BCUT2D eigenvalue weighted by molar-refractivity contribution is 6.35. The van der Waals surface area contributed by atoms with Gasteiger partial charge in [0.2, 0.25) is 0 Å². The fourth-order valence-corrected chi connectivity index (χ4v) is 3.05. The van der Waals surface area contributed by atoms with Crippen LogP contribution in [-0.4, -0.2) is 26.6 Å². The van der Waals surface area contributed by atoms with Gasteiger partial charge < -0.3 is 19.2 Å². The predicted octanol–water partition coefficient (Wildman–Crippen LogP) is 5.29. The van der Waals surface area contributed by atoms with Crippen molar-refractivity contribution in [2.45, 2.75) is 12.6 Å². The number of benzene rings is 2. The summed E-state index contributed by atoms with van der Waals surface area (Å²) in [7, 11) is 0. The molecule has 0 aliphatic heterocycles. The van der Waals surface area contributed by atoms with E-state index in [0.29, 0.717) is 27.4 Å². The van der Waals surface area contributed by atoms with E-state index in [4.69, 9.17) is 59.6 Å². The third-order valence-corrected chi connectivity index (χ3v) is 4.44. The van der Waals surface area contributed by atoms with Crippen LogP contribution in [0.25, 0.3) is 0 Å². The quantitative estimate of drug-likeness (QED) is 0.292. The van der Waals surface area contributed by atoms with E-state index in [1.165, 1.54) is 0 Å². The molecular formula is C18H16Cl3N3O5. The van der Waals surface area contributed by atoms with Crippen molar-refractivity contribution in [1.82, 2.24) is 9.55 Å². The third-order valence-electron chi connectivity index (χ3n) is 3.57. The molecule has 0 bridgehead atoms. The number of rotatable bonds is 7. The van der Waals surface area contributed by atoms with Crippen LogP contribution in [0.3, 0.4) is 0 Å². The Bertz CT molecular complexity index is 921. The molecule has 154 valence electrons. The molecule has 3 rings (SSSR count). The normalized spacial score (nSPS) is 11.3. The van der Waals surface area contributed by atoms with E-state index in [2.05, 4.69) is 4.98 Å². The number of hydrogen-bond donors (Lipinski definition) is 1. The molecule has 1 atom stereocenters. The Balaban J connectivity index is 0.000000687. The lowest BCUT2D eigenvalue weighted by Gasteiger charge is -2.20. The van der Waals surface area contributed by atoms with Gasteiger partial charge in [-0.15, -0.1) is 10.1 Å². The molecular weight excluding hydrogens is 445 g/mol. The average Bonchev–Trinajstić information content (AvgIpc) is 3.15. The minimum atomic E-state index is -1.50. The molecule has 8 nitrogen and oxygen atoms in total. The van der Waals surface area contributed by atoms with Gasteiger partial charge in [-0.1, -0.05) is 53.0 Å². The van der Waals surface area contributed by atoms with Crippen LogP contribution < -0.4 is 4.74 Å². The summed E-state index contributed by atoms with van der Waals surface area (Å²) >= 11 is 18.4. The molecule has 1 unspecified atom stereocenters. The van der Waals surface area contributed by atoms with Crippen molar-refractivity contribution in [3.63, 3.8) is 0 Å². The molecule has 1 heterocycles. The Labute approximate surface area is 181 Å². The zero-order valence-electron chi connectivity index (χ0n) is 14.8. The molecule has 3 aromatic rings. The second-order valence-electron chi connectivity index (χ2n) is 5.51. The zero-order chi connectivity index (χ0) is 21.2. The van der Waals surface area contributed by atoms with Crippen molar-refractivity contribution in [1.29, 1.82) is 0 Å². The number of imidazole rings is 1. The first-order valence-electron chi connectivity index (χ1n) is 8.09. The zero-order valence-corrected chi connectivity index (χ0v) is 17.1. The van der Waals surface area contributed by atoms with Gasteiger partial charge in [-0.05, 0) is 24.3 Å². The predicted molar refractivity (Wildman–Crippen MR) is 108 cm³/mol. The number of ether oxygens (including phenoxy) is 2. The summed E-state index contributed by atoms with van der Waals surface area (Å²) in [6, 6.07) is 12.6. The van der Waals surface area contributed by atoms with Gasteiger partial charge in [0.25, 0.3) is 5.09 Å². The molecule has 0 radical (unpaired) electrons. The molecule has 0 saturated carbocycles. The maximum Gasteiger partial charge on any atom is 0.291 e. The summed E-state index contributed by atoms with van der Waals surface area (Å²) in [6.45, 7) is 0.565. The van der Waals surface area contributed by atoms with Crippen LogP contribution >= 0.6 is 34.8 Å². The summed E-state index contributed by atoms with van der Waals surface area (Å²) < 4.78 is 13.5. The van der Waals surface area contributed by atoms with E-state index >= 15 is 0 Å². The monoisotopic (exact) mass is 459 g/mol. The van der Waals surface area contributed by atoms with Gasteiger partial charge in [0, 0.05) is 28.0 Å². The fraction of sp³-hybridized carbons (Fsp3) is 0.167. The molecule has 0 aliphatic rings. The number of halogens is 3. The summed E-state index contributed by atoms with van der Waals surface area (Å²) in [5.74, 6) is 0.563. The first-order chi connectivity index (χ1) is 13.9. The van der Waals surface area contributed by atoms with E-state index < -0.39 is 5.09 Å². The summed E-state index contributed by atoms with van der Waals surface area (Å²) in [5, 5.41) is 15.3. The van der Waals surface area contributed by atoms with Gasteiger partial charge in [0.15, 0.2) is 6.79 Å². The lowest BCUT2D eigenvalue weighted by molar-refractivity contribution is -0.742. The van der Waals surface area contributed by atoms with Crippen LogP contribution in [0.15, 0.2) is 61.2 Å². The highest BCUT2D eigenvalue weighted by atomic mass is 35.5. The lowest BCUT2D eigenvalue weighted by Crippen LogP contribution is -2.15. The summed E-state index contributed by atoms with van der Waals surface area (Å²) in [6.07, 6.45) is 4.95. The van der Waals surface area contributed by atoms with Crippen LogP contribution in [0, 0.1) is 10.1 Å². The Morgan fingerprint density at radius 2 is 1.90 bits per heavy atom. The SMILES string of the molecule is Clc1ccc(C(Cn2ccnc2)OCOc2ccccc2Cl)c(Cl)c1.O=[N+]([O-])O. The molecule has 0 spiro atoms. The number of hydrogen-bond acceptors (Lipinski definition) is 5.